The summed E-state index contributed by atoms with van der Waals surface area (Å²) in [7, 11) is 0. The summed E-state index contributed by atoms with van der Waals surface area (Å²) < 4.78 is 4.74. The zero-order valence-corrected chi connectivity index (χ0v) is 8.42. The van der Waals surface area contributed by atoms with E-state index >= 15 is 0 Å². The van der Waals surface area contributed by atoms with E-state index in [4.69, 9.17) is 4.74 Å². The van der Waals surface area contributed by atoms with Gasteiger partial charge in [-0.05, 0) is 32.8 Å². The maximum Gasteiger partial charge on any atom is 0.306 e. The monoisotopic (exact) mass is 184 g/mol. The molecule has 13 heavy (non-hydrogen) atoms. The lowest BCUT2D eigenvalue weighted by Gasteiger charge is -2.02. The molecule has 0 atom stereocenters. The van der Waals surface area contributed by atoms with Gasteiger partial charge >= 0.3 is 5.97 Å². The van der Waals surface area contributed by atoms with Crippen LogP contribution in [0.5, 0.6) is 0 Å². The van der Waals surface area contributed by atoms with Crippen molar-refractivity contribution in [1.29, 1.82) is 0 Å². The summed E-state index contributed by atoms with van der Waals surface area (Å²) in [6, 6.07) is 0. The molecule has 0 saturated carbocycles. The molecule has 0 unspecified atom stereocenters. The number of rotatable bonds is 5. The van der Waals surface area contributed by atoms with Gasteiger partial charge in [-0.25, -0.2) is 0 Å². The van der Waals surface area contributed by atoms with Crippen molar-refractivity contribution in [3.63, 3.8) is 0 Å². The van der Waals surface area contributed by atoms with Gasteiger partial charge in [0.25, 0.3) is 0 Å². The topological polar surface area (TPSA) is 43.4 Å². The number of esters is 1. The fourth-order valence-corrected chi connectivity index (χ4v) is 0.994. The molecular formula is C10H16O3. The molecule has 3 heteroatoms. The van der Waals surface area contributed by atoms with Crippen LogP contribution in [0.2, 0.25) is 0 Å². The predicted molar refractivity (Wildman–Crippen MR) is 50.3 cm³/mol. The van der Waals surface area contributed by atoms with Crippen molar-refractivity contribution in [2.45, 2.75) is 33.6 Å². The van der Waals surface area contributed by atoms with E-state index in [9.17, 15) is 9.59 Å². The fraction of sp³-hybridized carbons (Fsp3) is 0.600. The smallest absolute Gasteiger partial charge is 0.306 e. The van der Waals surface area contributed by atoms with Crippen molar-refractivity contribution in [3.05, 3.63) is 11.6 Å². The molecule has 0 bridgehead atoms. The molecule has 0 aliphatic rings. The molecule has 0 radical (unpaired) electrons. The first-order valence-corrected chi connectivity index (χ1v) is 4.43. The second-order valence-corrected chi connectivity index (χ2v) is 2.68. The van der Waals surface area contributed by atoms with Crippen molar-refractivity contribution in [3.8, 4) is 0 Å². The Hall–Kier alpha value is -1.12. The van der Waals surface area contributed by atoms with Gasteiger partial charge < -0.3 is 4.74 Å². The number of carbonyl (C=O) groups is 2. The molecular weight excluding hydrogens is 168 g/mol. The number of ketones is 1. The van der Waals surface area contributed by atoms with Crippen molar-refractivity contribution in [1.82, 2.24) is 0 Å². The van der Waals surface area contributed by atoms with Crippen LogP contribution in [0.25, 0.3) is 0 Å². The number of carbonyl (C=O) groups excluding carboxylic acids is 2. The van der Waals surface area contributed by atoms with Crippen LogP contribution in [-0.2, 0) is 14.3 Å². The van der Waals surface area contributed by atoms with E-state index in [1.165, 1.54) is 6.92 Å². The van der Waals surface area contributed by atoms with Crippen LogP contribution >= 0.6 is 0 Å². The normalized spacial score (nSPS) is 11.2. The van der Waals surface area contributed by atoms with Crippen LogP contribution in [-0.4, -0.2) is 18.4 Å². The van der Waals surface area contributed by atoms with Gasteiger partial charge in [-0.2, -0.15) is 0 Å². The Labute approximate surface area is 78.8 Å². The average Bonchev–Trinajstić information content (AvgIpc) is 2.05. The van der Waals surface area contributed by atoms with E-state index in [2.05, 4.69) is 0 Å². The summed E-state index contributed by atoms with van der Waals surface area (Å²) in [4.78, 5) is 21.9. The number of allylic oxidation sites excluding steroid dienone is 2. The third-order valence-corrected chi connectivity index (χ3v) is 1.70. The Morgan fingerprint density at radius 3 is 2.31 bits per heavy atom. The molecule has 74 valence electrons. The van der Waals surface area contributed by atoms with Gasteiger partial charge in [0.05, 0.1) is 6.61 Å². The second kappa shape index (κ2) is 6.40. The van der Waals surface area contributed by atoms with Crippen LogP contribution in [0.15, 0.2) is 11.6 Å². The van der Waals surface area contributed by atoms with E-state index in [-0.39, 0.29) is 18.2 Å². The first-order valence-electron chi connectivity index (χ1n) is 4.43. The van der Waals surface area contributed by atoms with Crippen molar-refractivity contribution in [2.24, 2.45) is 0 Å². The Morgan fingerprint density at radius 2 is 1.92 bits per heavy atom. The van der Waals surface area contributed by atoms with Crippen LogP contribution in [0.4, 0.5) is 0 Å². The van der Waals surface area contributed by atoms with Crippen LogP contribution in [0.3, 0.4) is 0 Å². The summed E-state index contributed by atoms with van der Waals surface area (Å²) in [5, 5.41) is 0. The summed E-state index contributed by atoms with van der Waals surface area (Å²) in [5.41, 5.74) is 0.688. The highest BCUT2D eigenvalue weighted by atomic mass is 16.5. The van der Waals surface area contributed by atoms with Crippen molar-refractivity contribution < 1.29 is 14.3 Å². The van der Waals surface area contributed by atoms with Crippen LogP contribution in [0.1, 0.15) is 33.6 Å². The van der Waals surface area contributed by atoms with Gasteiger partial charge in [0, 0.05) is 6.42 Å². The van der Waals surface area contributed by atoms with E-state index in [1.807, 2.05) is 0 Å². The highest BCUT2D eigenvalue weighted by Crippen LogP contribution is 2.06. The lowest BCUT2D eigenvalue weighted by molar-refractivity contribution is -0.143. The summed E-state index contributed by atoms with van der Waals surface area (Å²) in [6.07, 6.45) is 2.50. The van der Waals surface area contributed by atoms with Crippen molar-refractivity contribution in [2.75, 3.05) is 6.61 Å². The largest absolute Gasteiger partial charge is 0.466 e. The standard InChI is InChI=1S/C10H16O3/c1-4-9(8(3)11)6-7-10(12)13-5-2/h4H,5-7H2,1-3H3/b9-4+. The van der Waals surface area contributed by atoms with Crippen LogP contribution in [0, 0.1) is 0 Å². The van der Waals surface area contributed by atoms with Crippen LogP contribution < -0.4 is 0 Å². The van der Waals surface area contributed by atoms with Gasteiger partial charge in [0.1, 0.15) is 0 Å². The third kappa shape index (κ3) is 5.17. The average molecular weight is 184 g/mol. The minimum absolute atomic E-state index is 0.0202. The number of hydrogen-bond donors (Lipinski definition) is 0. The maximum atomic E-state index is 10.9. The first-order chi connectivity index (χ1) is 6.11. The number of ether oxygens (including phenoxy) is 1. The summed E-state index contributed by atoms with van der Waals surface area (Å²) in [6.45, 7) is 5.45. The highest BCUT2D eigenvalue weighted by molar-refractivity contribution is 5.93. The molecule has 0 N–H and O–H groups in total. The Bertz CT molecular complexity index is 216. The molecule has 0 aromatic rings. The first kappa shape index (κ1) is 11.9. The number of hydrogen-bond acceptors (Lipinski definition) is 3. The molecule has 0 aliphatic carbocycles. The van der Waals surface area contributed by atoms with Gasteiger partial charge in [-0.3, -0.25) is 9.59 Å². The van der Waals surface area contributed by atoms with E-state index < -0.39 is 0 Å². The summed E-state index contributed by atoms with van der Waals surface area (Å²) >= 11 is 0. The minimum atomic E-state index is -0.247. The molecule has 0 aliphatic heterocycles. The molecule has 0 saturated heterocycles. The van der Waals surface area contributed by atoms with Gasteiger partial charge in [0.15, 0.2) is 5.78 Å². The van der Waals surface area contributed by atoms with E-state index in [0.717, 1.165) is 0 Å². The Kier molecular flexibility index (Phi) is 5.85. The summed E-state index contributed by atoms with van der Waals surface area (Å²) in [5.74, 6) is -0.227. The molecule has 0 aromatic carbocycles. The molecule has 0 aromatic heterocycles. The molecule has 0 rings (SSSR count). The lowest BCUT2D eigenvalue weighted by Crippen LogP contribution is -2.06. The Morgan fingerprint density at radius 1 is 1.31 bits per heavy atom. The maximum absolute atomic E-state index is 10.9. The van der Waals surface area contributed by atoms with E-state index in [0.29, 0.717) is 18.6 Å². The quantitative estimate of drug-likeness (QED) is 0.484. The van der Waals surface area contributed by atoms with Gasteiger partial charge in [-0.15, -0.1) is 0 Å². The van der Waals surface area contributed by atoms with E-state index in [1.54, 1.807) is 19.9 Å². The highest BCUT2D eigenvalue weighted by Gasteiger charge is 2.06. The Balaban J connectivity index is 3.87. The molecule has 0 spiro atoms. The predicted octanol–water partition coefficient (Wildman–Crippen LogP) is 1.86. The van der Waals surface area contributed by atoms with Gasteiger partial charge in [0.2, 0.25) is 0 Å². The minimum Gasteiger partial charge on any atom is -0.466 e. The molecule has 0 heterocycles. The zero-order valence-electron chi connectivity index (χ0n) is 8.42. The number of Topliss-reactive ketones (excluding diaryl/α,β-unsaturated/α-hetero) is 1. The van der Waals surface area contributed by atoms with Gasteiger partial charge in [-0.1, -0.05) is 6.08 Å². The molecule has 3 nitrogen and oxygen atoms in total. The lowest BCUT2D eigenvalue weighted by atomic mass is 10.1. The molecule has 0 amide bonds. The SMILES string of the molecule is C/C=C(\CCC(=O)OCC)C(C)=O. The third-order valence-electron chi connectivity index (χ3n) is 1.70. The van der Waals surface area contributed by atoms with Crippen molar-refractivity contribution >= 4 is 11.8 Å². The fourth-order valence-electron chi connectivity index (χ4n) is 0.994. The zero-order chi connectivity index (χ0) is 10.3. The molecule has 0 fully saturated rings. The second-order valence-electron chi connectivity index (χ2n) is 2.68.